The van der Waals surface area contributed by atoms with Crippen molar-refractivity contribution in [3.8, 4) is 17.1 Å². The molecule has 1 fully saturated rings. The molecular weight excluding hydrogens is 377 g/mol. The molecule has 0 aliphatic heterocycles. The van der Waals surface area contributed by atoms with Gasteiger partial charge in [-0.3, -0.25) is 4.57 Å². The summed E-state index contributed by atoms with van der Waals surface area (Å²) < 4.78 is 21.9. The lowest BCUT2D eigenvalue weighted by atomic mass is 10.2. The lowest BCUT2D eigenvalue weighted by Crippen LogP contribution is -2.20. The molecule has 1 aliphatic rings. The average molecular weight is 399 g/mol. The molecule has 4 rings (SSSR count). The molecule has 3 aromatic rings. The summed E-state index contributed by atoms with van der Waals surface area (Å²) in [5, 5.41) is 19.5. The zero-order chi connectivity index (χ0) is 19.5. The summed E-state index contributed by atoms with van der Waals surface area (Å²) in [6, 6.07) is 14.6. The van der Waals surface area contributed by atoms with Crippen LogP contribution in [0.3, 0.4) is 0 Å². The van der Waals surface area contributed by atoms with E-state index in [9.17, 15) is 9.50 Å². The number of para-hydroxylation sites is 1. The topological polar surface area (TPSA) is 60.2 Å². The number of aromatic nitrogens is 3. The van der Waals surface area contributed by atoms with Crippen LogP contribution in [0.2, 0.25) is 0 Å². The highest BCUT2D eigenvalue weighted by atomic mass is 32.2. The van der Waals surface area contributed by atoms with E-state index in [1.807, 2.05) is 35.8 Å². The molecular formula is C21H22FN3O2S. The number of ether oxygens (including phenoxy) is 1. The second-order valence-corrected chi connectivity index (χ2v) is 7.92. The maximum absolute atomic E-state index is 14.2. The number of hydrogen-bond donors (Lipinski definition) is 1. The van der Waals surface area contributed by atoms with Gasteiger partial charge in [0, 0.05) is 11.8 Å². The van der Waals surface area contributed by atoms with Crippen molar-refractivity contribution in [3.63, 3.8) is 0 Å². The Morgan fingerprint density at radius 2 is 1.93 bits per heavy atom. The van der Waals surface area contributed by atoms with E-state index < -0.39 is 6.10 Å². The Hall–Kier alpha value is -2.38. The molecule has 5 nitrogen and oxygen atoms in total. The summed E-state index contributed by atoms with van der Waals surface area (Å²) in [4.78, 5) is 0. The molecule has 0 bridgehead atoms. The number of aliphatic hydroxyl groups excluding tert-OH is 1. The van der Waals surface area contributed by atoms with Crippen molar-refractivity contribution in [2.75, 3.05) is 12.4 Å². The van der Waals surface area contributed by atoms with Crippen molar-refractivity contribution < 1.29 is 14.2 Å². The predicted molar refractivity (Wildman–Crippen MR) is 107 cm³/mol. The van der Waals surface area contributed by atoms with Gasteiger partial charge in [0.2, 0.25) is 0 Å². The van der Waals surface area contributed by atoms with Gasteiger partial charge in [-0.1, -0.05) is 42.1 Å². The van der Waals surface area contributed by atoms with E-state index in [4.69, 9.17) is 4.74 Å². The highest BCUT2D eigenvalue weighted by Gasteiger charge is 2.31. The summed E-state index contributed by atoms with van der Waals surface area (Å²) in [6.45, 7) is 2.18. The summed E-state index contributed by atoms with van der Waals surface area (Å²) in [7, 11) is 0. The fraction of sp³-hybridized carbons (Fsp3) is 0.333. The molecule has 0 radical (unpaired) electrons. The van der Waals surface area contributed by atoms with Crippen molar-refractivity contribution in [3.05, 3.63) is 59.9 Å². The van der Waals surface area contributed by atoms with Gasteiger partial charge in [0.05, 0.1) is 11.7 Å². The Morgan fingerprint density at radius 3 is 2.68 bits per heavy atom. The lowest BCUT2D eigenvalue weighted by molar-refractivity contribution is 0.126. The summed E-state index contributed by atoms with van der Waals surface area (Å²) in [6.07, 6.45) is 1.42. The van der Waals surface area contributed by atoms with Crippen molar-refractivity contribution in [2.45, 2.75) is 37.1 Å². The molecule has 28 heavy (non-hydrogen) atoms. The first-order valence-electron chi connectivity index (χ1n) is 9.32. The van der Waals surface area contributed by atoms with Gasteiger partial charge in [0.1, 0.15) is 18.2 Å². The third-order valence-corrected chi connectivity index (χ3v) is 5.71. The van der Waals surface area contributed by atoms with Crippen LogP contribution in [0.1, 0.15) is 24.4 Å². The van der Waals surface area contributed by atoms with Crippen LogP contribution in [0.15, 0.2) is 53.7 Å². The van der Waals surface area contributed by atoms with Crippen LogP contribution in [0.4, 0.5) is 4.39 Å². The number of rotatable bonds is 8. The maximum Gasteiger partial charge on any atom is 0.191 e. The Morgan fingerprint density at radius 1 is 1.18 bits per heavy atom. The SMILES string of the molecule is Cc1ccccc1OC[C@@H](O)CSc1nnc(-c2ccccc2F)n1C1CC1. The van der Waals surface area contributed by atoms with Gasteiger partial charge in [0.25, 0.3) is 0 Å². The number of thioether (sulfide) groups is 1. The number of hydrogen-bond acceptors (Lipinski definition) is 5. The molecule has 1 N–H and O–H groups in total. The standard InChI is InChI=1S/C21H22FN3O2S/c1-14-6-2-5-9-19(14)27-12-16(26)13-28-21-24-23-20(25(21)15-10-11-15)17-7-3-4-8-18(17)22/h2-9,15-16,26H,10-13H2,1H3/t16-/m1/s1. The molecule has 1 heterocycles. The molecule has 0 saturated heterocycles. The van der Waals surface area contributed by atoms with Crippen molar-refractivity contribution >= 4 is 11.8 Å². The third kappa shape index (κ3) is 4.20. The highest BCUT2D eigenvalue weighted by molar-refractivity contribution is 7.99. The van der Waals surface area contributed by atoms with Crippen LogP contribution in [-0.2, 0) is 0 Å². The van der Waals surface area contributed by atoms with Crippen molar-refractivity contribution in [1.82, 2.24) is 14.8 Å². The molecule has 1 saturated carbocycles. The monoisotopic (exact) mass is 399 g/mol. The van der Waals surface area contributed by atoms with Gasteiger partial charge in [-0.2, -0.15) is 0 Å². The molecule has 1 atom stereocenters. The zero-order valence-corrected chi connectivity index (χ0v) is 16.4. The van der Waals surface area contributed by atoms with E-state index >= 15 is 0 Å². The van der Waals surface area contributed by atoms with Crippen LogP contribution < -0.4 is 4.74 Å². The van der Waals surface area contributed by atoms with E-state index in [-0.39, 0.29) is 12.4 Å². The summed E-state index contributed by atoms with van der Waals surface area (Å²) in [5.74, 6) is 1.44. The Labute approximate surface area is 167 Å². The van der Waals surface area contributed by atoms with Crippen molar-refractivity contribution in [1.29, 1.82) is 0 Å². The fourth-order valence-corrected chi connectivity index (χ4v) is 3.90. The second-order valence-electron chi connectivity index (χ2n) is 6.93. The molecule has 0 amide bonds. The Kier molecular flexibility index (Phi) is 5.64. The summed E-state index contributed by atoms with van der Waals surface area (Å²) >= 11 is 1.42. The van der Waals surface area contributed by atoms with E-state index in [1.54, 1.807) is 18.2 Å². The van der Waals surface area contributed by atoms with E-state index in [0.717, 1.165) is 24.2 Å². The van der Waals surface area contributed by atoms with Crippen LogP contribution in [0.25, 0.3) is 11.4 Å². The van der Waals surface area contributed by atoms with E-state index in [1.165, 1.54) is 17.8 Å². The van der Waals surface area contributed by atoms with Gasteiger partial charge >= 0.3 is 0 Å². The molecule has 146 valence electrons. The number of aliphatic hydroxyl groups is 1. The van der Waals surface area contributed by atoms with Gasteiger partial charge in [0.15, 0.2) is 11.0 Å². The predicted octanol–water partition coefficient (Wildman–Crippen LogP) is 4.26. The minimum atomic E-state index is -0.647. The Balaban J connectivity index is 1.42. The molecule has 0 unspecified atom stereocenters. The van der Waals surface area contributed by atoms with Crippen LogP contribution in [0, 0.1) is 12.7 Å². The van der Waals surface area contributed by atoms with Gasteiger partial charge in [-0.05, 0) is 43.5 Å². The fourth-order valence-electron chi connectivity index (χ4n) is 2.99. The van der Waals surface area contributed by atoms with Gasteiger partial charge < -0.3 is 9.84 Å². The molecule has 0 spiro atoms. The first kappa shape index (κ1) is 19.0. The van der Waals surface area contributed by atoms with E-state index in [0.29, 0.717) is 28.3 Å². The quantitative estimate of drug-likeness (QED) is 0.574. The number of nitrogens with zero attached hydrogens (tertiary/aromatic N) is 3. The Bertz CT molecular complexity index is 958. The first-order chi connectivity index (χ1) is 13.6. The van der Waals surface area contributed by atoms with Crippen molar-refractivity contribution in [2.24, 2.45) is 0 Å². The number of halogens is 1. The average Bonchev–Trinajstić information content (AvgIpc) is 3.45. The number of benzene rings is 2. The van der Waals surface area contributed by atoms with Gasteiger partial charge in [-0.25, -0.2) is 4.39 Å². The minimum absolute atomic E-state index is 0.204. The van der Waals surface area contributed by atoms with Crippen LogP contribution >= 0.6 is 11.8 Å². The third-order valence-electron chi connectivity index (χ3n) is 4.62. The molecule has 1 aromatic heterocycles. The zero-order valence-electron chi connectivity index (χ0n) is 15.6. The first-order valence-corrected chi connectivity index (χ1v) is 10.3. The molecule has 1 aliphatic carbocycles. The second kappa shape index (κ2) is 8.32. The van der Waals surface area contributed by atoms with E-state index in [2.05, 4.69) is 10.2 Å². The van der Waals surface area contributed by atoms with Gasteiger partial charge in [-0.15, -0.1) is 10.2 Å². The lowest BCUT2D eigenvalue weighted by Gasteiger charge is -2.14. The molecule has 7 heteroatoms. The largest absolute Gasteiger partial charge is 0.491 e. The normalized spacial score (nSPS) is 14.8. The summed E-state index contributed by atoms with van der Waals surface area (Å²) in [5.41, 5.74) is 1.49. The minimum Gasteiger partial charge on any atom is -0.491 e. The van der Waals surface area contributed by atoms with Crippen LogP contribution in [0.5, 0.6) is 5.75 Å². The van der Waals surface area contributed by atoms with Crippen LogP contribution in [-0.4, -0.2) is 38.3 Å². The maximum atomic E-state index is 14.2. The molecule has 2 aromatic carbocycles. The number of aryl methyl sites for hydroxylation is 1. The smallest absolute Gasteiger partial charge is 0.191 e. The highest BCUT2D eigenvalue weighted by Crippen LogP contribution is 2.41.